The zero-order chi connectivity index (χ0) is 12.8. The first-order valence-corrected chi connectivity index (χ1v) is 9.26. The van der Waals surface area contributed by atoms with E-state index in [1.807, 2.05) is 0 Å². The molecule has 0 bridgehead atoms. The Morgan fingerprint density at radius 1 is 0.765 bits per heavy atom. The molecule has 0 aliphatic rings. The third kappa shape index (κ3) is 14.1. The zero-order valence-corrected chi connectivity index (χ0v) is 12.5. The molecular weight excluding hydrogens is 231 g/mol. The Bertz CT molecular complexity index is 172. The van der Waals surface area contributed by atoms with Crippen LogP contribution in [0, 0.1) is 0 Å². The minimum atomic E-state index is -1.45. The smallest absolute Gasteiger partial charge is 0.0784 e. The minimum Gasteiger partial charge on any atom is -0.396 e. The molecule has 0 aromatic heterocycles. The normalized spacial score (nSPS) is 12.8. The van der Waals surface area contributed by atoms with Gasteiger partial charge in [0.15, 0.2) is 0 Å². The molecule has 0 spiro atoms. The molecule has 0 amide bonds. The van der Waals surface area contributed by atoms with Gasteiger partial charge in [-0.3, -0.25) is 0 Å². The molecule has 0 radical (unpaired) electrons. The molecule has 1 unspecified atom stereocenters. The van der Waals surface area contributed by atoms with Crippen molar-refractivity contribution in [3.05, 3.63) is 0 Å². The Labute approximate surface area is 108 Å². The summed E-state index contributed by atoms with van der Waals surface area (Å²) in [7, 11) is -1.45. The lowest BCUT2D eigenvalue weighted by Crippen LogP contribution is -1.89. The van der Waals surface area contributed by atoms with Gasteiger partial charge in [-0.05, 0) is 12.6 Å². The summed E-state index contributed by atoms with van der Waals surface area (Å²) in [6.45, 7) is 2.35. The lowest BCUT2D eigenvalue weighted by atomic mass is 10.1. The predicted octanol–water partition coefficient (Wildman–Crippen LogP) is 4.46. The molecule has 3 heteroatoms. The number of rotatable bonds is 13. The fraction of sp³-hybridized carbons (Fsp3) is 1.00. The van der Waals surface area contributed by atoms with Gasteiger partial charge in [0, 0.05) is 12.8 Å². The summed E-state index contributed by atoms with van der Waals surface area (Å²) in [4.78, 5) is 0. The van der Waals surface area contributed by atoms with Crippen molar-refractivity contribution in [2.45, 2.75) is 71.1 Å². The highest BCUT2D eigenvalue weighted by Gasteiger charge is 1.98. The third-order valence-corrected chi connectivity index (χ3v) is 4.89. The summed E-state index contributed by atoms with van der Waals surface area (Å²) in [5, 5.41) is 8.62. The molecule has 1 N–H and O–H groups in total. The van der Waals surface area contributed by atoms with Crippen LogP contribution >= 0.6 is 7.80 Å². The number of hydrogen-bond donors (Lipinski definition) is 1. The Hall–Kier alpha value is 0.190. The van der Waals surface area contributed by atoms with Crippen molar-refractivity contribution in [2.24, 2.45) is 0 Å². The van der Waals surface area contributed by atoms with Crippen LogP contribution in [0.5, 0.6) is 0 Å². The number of hydrogen-bond acceptors (Lipinski definition) is 2. The van der Waals surface area contributed by atoms with E-state index in [1.165, 1.54) is 57.8 Å². The Balaban J connectivity index is 3.01. The van der Waals surface area contributed by atoms with Gasteiger partial charge in [-0.25, -0.2) is 0 Å². The molecule has 0 aliphatic carbocycles. The van der Waals surface area contributed by atoms with E-state index < -0.39 is 7.80 Å². The first-order chi connectivity index (χ1) is 8.31. The quantitative estimate of drug-likeness (QED) is 0.393. The second-order valence-electron chi connectivity index (χ2n) is 4.94. The molecule has 0 heterocycles. The van der Waals surface area contributed by atoms with E-state index in [9.17, 15) is 4.57 Å². The van der Waals surface area contributed by atoms with Crippen LogP contribution in [-0.4, -0.2) is 24.0 Å². The van der Waals surface area contributed by atoms with Crippen LogP contribution < -0.4 is 0 Å². The predicted molar refractivity (Wildman–Crippen MR) is 77.7 cm³/mol. The zero-order valence-electron chi connectivity index (χ0n) is 11.5. The summed E-state index contributed by atoms with van der Waals surface area (Å²) in [6, 6.07) is 0. The molecular formula is C14H31O2P. The maximum absolute atomic E-state index is 11.3. The van der Waals surface area contributed by atoms with Gasteiger partial charge in [0.1, 0.15) is 0 Å². The number of unbranched alkanes of at least 4 members (excludes halogenated alkanes) is 9. The van der Waals surface area contributed by atoms with Gasteiger partial charge in [0.05, 0.1) is 7.80 Å². The molecule has 0 aromatic carbocycles. The van der Waals surface area contributed by atoms with Gasteiger partial charge in [-0.15, -0.1) is 0 Å². The molecule has 2 nitrogen and oxygen atoms in total. The largest absolute Gasteiger partial charge is 0.396 e. The standard InChI is InChI=1S/C14H31O2P/c1-2-3-4-5-6-7-8-9-10-11-13-17(16)14-12-15/h15,17H,2-14H2,1H3. The SMILES string of the molecule is CCCCCCCCCCCC[PH](=O)CCO. The highest BCUT2D eigenvalue weighted by Crippen LogP contribution is 2.22. The van der Waals surface area contributed by atoms with Crippen molar-refractivity contribution in [2.75, 3.05) is 18.9 Å². The van der Waals surface area contributed by atoms with Crippen LogP contribution in [0.4, 0.5) is 0 Å². The highest BCUT2D eigenvalue weighted by atomic mass is 31.1. The highest BCUT2D eigenvalue weighted by molar-refractivity contribution is 7.44. The van der Waals surface area contributed by atoms with E-state index in [4.69, 9.17) is 5.11 Å². The number of aliphatic hydroxyl groups is 1. The van der Waals surface area contributed by atoms with Crippen LogP contribution in [0.15, 0.2) is 0 Å². The van der Waals surface area contributed by atoms with E-state index >= 15 is 0 Å². The Morgan fingerprint density at radius 2 is 1.24 bits per heavy atom. The minimum absolute atomic E-state index is 0.0928. The van der Waals surface area contributed by atoms with Crippen LogP contribution in [0.3, 0.4) is 0 Å². The topological polar surface area (TPSA) is 37.3 Å². The summed E-state index contributed by atoms with van der Waals surface area (Å²) in [5.74, 6) is 0. The molecule has 1 atom stereocenters. The third-order valence-electron chi connectivity index (χ3n) is 3.20. The van der Waals surface area contributed by atoms with Crippen LogP contribution in [0.25, 0.3) is 0 Å². The number of aliphatic hydroxyl groups excluding tert-OH is 1. The van der Waals surface area contributed by atoms with Crippen molar-refractivity contribution in [3.63, 3.8) is 0 Å². The average Bonchev–Trinajstić information content (AvgIpc) is 2.32. The second-order valence-corrected chi connectivity index (χ2v) is 7.02. The summed E-state index contributed by atoms with van der Waals surface area (Å²) < 4.78 is 11.3. The molecule has 0 fully saturated rings. The Kier molecular flexibility index (Phi) is 14.4. The van der Waals surface area contributed by atoms with Gasteiger partial charge in [-0.1, -0.05) is 64.7 Å². The molecule has 104 valence electrons. The molecule has 0 saturated heterocycles. The van der Waals surface area contributed by atoms with Crippen molar-refractivity contribution in [3.8, 4) is 0 Å². The fourth-order valence-electron chi connectivity index (χ4n) is 2.06. The first-order valence-electron chi connectivity index (χ1n) is 7.43. The van der Waals surface area contributed by atoms with Gasteiger partial charge in [-0.2, -0.15) is 0 Å². The molecule has 0 aliphatic heterocycles. The van der Waals surface area contributed by atoms with Crippen molar-refractivity contribution in [1.29, 1.82) is 0 Å². The molecule has 0 saturated carbocycles. The monoisotopic (exact) mass is 262 g/mol. The first kappa shape index (κ1) is 17.2. The molecule has 0 rings (SSSR count). The van der Waals surface area contributed by atoms with E-state index in [0.717, 1.165) is 12.6 Å². The van der Waals surface area contributed by atoms with Crippen LogP contribution in [0.1, 0.15) is 71.1 Å². The maximum Gasteiger partial charge on any atom is 0.0784 e. The Morgan fingerprint density at radius 3 is 1.71 bits per heavy atom. The second kappa shape index (κ2) is 14.3. The maximum atomic E-state index is 11.3. The van der Waals surface area contributed by atoms with E-state index in [2.05, 4.69) is 6.92 Å². The van der Waals surface area contributed by atoms with Crippen LogP contribution in [0.2, 0.25) is 0 Å². The summed E-state index contributed by atoms with van der Waals surface area (Å²) >= 11 is 0. The lowest BCUT2D eigenvalue weighted by Gasteiger charge is -2.02. The average molecular weight is 262 g/mol. The van der Waals surface area contributed by atoms with Gasteiger partial charge in [0.2, 0.25) is 0 Å². The fourth-order valence-corrected chi connectivity index (χ4v) is 3.20. The van der Waals surface area contributed by atoms with Gasteiger partial charge >= 0.3 is 0 Å². The molecule has 17 heavy (non-hydrogen) atoms. The lowest BCUT2D eigenvalue weighted by molar-refractivity contribution is 0.320. The van der Waals surface area contributed by atoms with Crippen molar-refractivity contribution >= 4 is 7.80 Å². The van der Waals surface area contributed by atoms with Crippen molar-refractivity contribution < 1.29 is 9.67 Å². The van der Waals surface area contributed by atoms with Gasteiger partial charge in [0.25, 0.3) is 0 Å². The summed E-state index contributed by atoms with van der Waals surface area (Å²) in [6.07, 6.45) is 14.6. The van der Waals surface area contributed by atoms with E-state index in [1.54, 1.807) is 0 Å². The van der Waals surface area contributed by atoms with Crippen LogP contribution in [-0.2, 0) is 4.57 Å². The van der Waals surface area contributed by atoms with E-state index in [-0.39, 0.29) is 6.61 Å². The molecule has 0 aromatic rings. The van der Waals surface area contributed by atoms with Gasteiger partial charge < -0.3 is 9.67 Å². The van der Waals surface area contributed by atoms with E-state index in [0.29, 0.717) is 6.16 Å². The summed E-state index contributed by atoms with van der Waals surface area (Å²) in [5.41, 5.74) is 0. The van der Waals surface area contributed by atoms with Crippen molar-refractivity contribution in [1.82, 2.24) is 0 Å².